The summed E-state index contributed by atoms with van der Waals surface area (Å²) in [6.07, 6.45) is 0. The first-order chi connectivity index (χ1) is 7.03. The minimum Gasteiger partial charge on any atom is -0.374 e. The summed E-state index contributed by atoms with van der Waals surface area (Å²) in [6, 6.07) is 2.97. The number of aromatic nitrogens is 1. The highest BCUT2D eigenvalue weighted by Crippen LogP contribution is 2.37. The molecular weight excluding hydrogens is 221 g/mol. The highest BCUT2D eigenvalue weighted by atomic mass is 35.5. The van der Waals surface area contributed by atoms with Gasteiger partial charge in [0.2, 0.25) is 0 Å². The lowest BCUT2D eigenvalue weighted by molar-refractivity contribution is -0.135. The lowest BCUT2D eigenvalue weighted by atomic mass is 9.95. The Hall–Kier alpha value is -1.00. The smallest absolute Gasteiger partial charge is 0.185 e. The molecule has 0 aromatic carbocycles. The molecule has 80 valence electrons. The van der Waals surface area contributed by atoms with Crippen LogP contribution in [-0.4, -0.2) is 24.0 Å². The Labute approximate surface area is 91.2 Å². The lowest BCUT2D eigenvalue weighted by Gasteiger charge is -2.34. The Kier molecular flexibility index (Phi) is 2.48. The van der Waals surface area contributed by atoms with Gasteiger partial charge >= 0.3 is 0 Å². The van der Waals surface area contributed by atoms with Gasteiger partial charge in [0, 0.05) is 12.5 Å². The molecule has 1 fully saturated rings. The van der Waals surface area contributed by atoms with Crippen LogP contribution in [0.4, 0.5) is 4.39 Å². The number of rotatable bonds is 2. The van der Waals surface area contributed by atoms with Crippen molar-refractivity contribution in [3.05, 3.63) is 28.5 Å². The Balaban J connectivity index is 2.38. The van der Waals surface area contributed by atoms with Gasteiger partial charge in [-0.3, -0.25) is 4.79 Å². The van der Waals surface area contributed by atoms with Gasteiger partial charge in [-0.05, 0) is 6.07 Å². The van der Waals surface area contributed by atoms with Crippen molar-refractivity contribution >= 4 is 17.4 Å². The van der Waals surface area contributed by atoms with E-state index < -0.39 is 5.67 Å². The van der Waals surface area contributed by atoms with Crippen molar-refractivity contribution in [1.29, 1.82) is 0 Å². The minimum atomic E-state index is -1.54. The molecule has 0 aliphatic carbocycles. The number of carbonyl (C=O) groups excluding carboxylic acids is 1. The largest absolute Gasteiger partial charge is 0.374 e. The van der Waals surface area contributed by atoms with E-state index in [0.717, 1.165) is 0 Å². The van der Waals surface area contributed by atoms with E-state index in [2.05, 4.69) is 4.98 Å². The quantitative estimate of drug-likeness (QED) is 0.576. The zero-order chi connectivity index (χ0) is 11.1. The van der Waals surface area contributed by atoms with Gasteiger partial charge in [-0.2, -0.15) is 0 Å². The van der Waals surface area contributed by atoms with E-state index in [0.29, 0.717) is 5.56 Å². The fourth-order valence-corrected chi connectivity index (χ4v) is 1.72. The van der Waals surface area contributed by atoms with Gasteiger partial charge in [0.15, 0.2) is 11.5 Å². The minimum absolute atomic E-state index is 0.00613. The summed E-state index contributed by atoms with van der Waals surface area (Å²) in [7, 11) is 0. The van der Waals surface area contributed by atoms with Crippen LogP contribution < -0.4 is 0 Å². The number of ketones is 1. The normalized spacial score (nSPS) is 18.3. The monoisotopic (exact) mass is 229 g/mol. The molecule has 15 heavy (non-hydrogen) atoms. The Morgan fingerprint density at radius 2 is 2.27 bits per heavy atom. The maximum Gasteiger partial charge on any atom is 0.185 e. The maximum absolute atomic E-state index is 13.9. The molecule has 1 aliphatic heterocycles. The van der Waals surface area contributed by atoms with Crippen molar-refractivity contribution in [1.82, 2.24) is 4.98 Å². The molecule has 0 spiro atoms. The summed E-state index contributed by atoms with van der Waals surface area (Å²) in [4.78, 5) is 14.8. The first-order valence-corrected chi connectivity index (χ1v) is 4.85. The van der Waals surface area contributed by atoms with E-state index in [4.69, 9.17) is 16.3 Å². The summed E-state index contributed by atoms with van der Waals surface area (Å²) in [5.74, 6) is -0.193. The zero-order valence-corrected chi connectivity index (χ0v) is 8.84. The highest BCUT2D eigenvalue weighted by Gasteiger charge is 2.42. The molecule has 2 rings (SSSR count). The van der Waals surface area contributed by atoms with Crippen LogP contribution in [0.2, 0.25) is 5.15 Å². The van der Waals surface area contributed by atoms with Gasteiger partial charge < -0.3 is 4.74 Å². The third-order valence-corrected chi connectivity index (χ3v) is 2.64. The van der Waals surface area contributed by atoms with Crippen molar-refractivity contribution in [3.63, 3.8) is 0 Å². The average Bonchev–Trinajstić information content (AvgIpc) is 2.14. The molecule has 1 aliphatic rings. The topological polar surface area (TPSA) is 39.2 Å². The van der Waals surface area contributed by atoms with E-state index in [1.165, 1.54) is 19.1 Å². The molecule has 0 amide bonds. The fourth-order valence-electron chi connectivity index (χ4n) is 1.40. The molecule has 0 unspecified atom stereocenters. The second-order valence-corrected chi connectivity index (χ2v) is 3.91. The molecular formula is C10H9ClFNO2. The van der Waals surface area contributed by atoms with E-state index in [-0.39, 0.29) is 29.8 Å². The molecule has 0 radical (unpaired) electrons. The number of carbonyl (C=O) groups is 1. The predicted octanol–water partition coefficient (Wildman–Crippen LogP) is 2.13. The first kappa shape index (κ1) is 10.5. The van der Waals surface area contributed by atoms with Crippen molar-refractivity contribution in [2.45, 2.75) is 12.6 Å². The number of alkyl halides is 1. The third kappa shape index (κ3) is 1.75. The third-order valence-electron chi connectivity index (χ3n) is 2.35. The van der Waals surface area contributed by atoms with E-state index in [9.17, 15) is 9.18 Å². The van der Waals surface area contributed by atoms with Gasteiger partial charge in [0.25, 0.3) is 0 Å². The van der Waals surface area contributed by atoms with Crippen LogP contribution in [-0.2, 0) is 10.4 Å². The van der Waals surface area contributed by atoms with Crippen molar-refractivity contribution in [2.75, 3.05) is 13.2 Å². The van der Waals surface area contributed by atoms with Gasteiger partial charge in [-0.15, -0.1) is 0 Å². The lowest BCUT2D eigenvalue weighted by Crippen LogP contribution is -2.42. The number of halogens is 2. The average molecular weight is 230 g/mol. The predicted molar refractivity (Wildman–Crippen MR) is 52.9 cm³/mol. The van der Waals surface area contributed by atoms with Crippen LogP contribution in [0.1, 0.15) is 23.0 Å². The van der Waals surface area contributed by atoms with E-state index in [1.807, 2.05) is 0 Å². The van der Waals surface area contributed by atoms with Crippen LogP contribution in [0.15, 0.2) is 12.1 Å². The molecule has 0 atom stereocenters. The Bertz CT molecular complexity index is 418. The number of nitrogens with zero attached hydrogens (tertiary/aromatic N) is 1. The Morgan fingerprint density at radius 1 is 1.60 bits per heavy atom. The summed E-state index contributed by atoms with van der Waals surface area (Å²) >= 11 is 5.81. The van der Waals surface area contributed by atoms with Crippen LogP contribution in [0, 0.1) is 0 Å². The fraction of sp³-hybridized carbons (Fsp3) is 0.400. The first-order valence-electron chi connectivity index (χ1n) is 4.47. The summed E-state index contributed by atoms with van der Waals surface area (Å²) in [6.45, 7) is 1.37. The molecule has 1 aromatic heterocycles. The molecule has 1 saturated heterocycles. The maximum atomic E-state index is 13.9. The highest BCUT2D eigenvalue weighted by molar-refractivity contribution is 6.30. The van der Waals surface area contributed by atoms with Crippen molar-refractivity contribution in [3.8, 4) is 0 Å². The van der Waals surface area contributed by atoms with Gasteiger partial charge in [-0.1, -0.05) is 17.7 Å². The van der Waals surface area contributed by atoms with Crippen molar-refractivity contribution in [2.24, 2.45) is 0 Å². The summed E-state index contributed by atoms with van der Waals surface area (Å²) < 4.78 is 18.7. The molecule has 0 bridgehead atoms. The molecule has 5 heteroatoms. The van der Waals surface area contributed by atoms with Gasteiger partial charge in [-0.25, -0.2) is 9.37 Å². The van der Waals surface area contributed by atoms with Crippen LogP contribution in [0.25, 0.3) is 0 Å². The SMILES string of the molecule is CC(=O)c1ccc(C2(F)COC2)c(Cl)n1. The van der Waals surface area contributed by atoms with Crippen LogP contribution in [0.5, 0.6) is 0 Å². The Morgan fingerprint density at radius 3 is 2.67 bits per heavy atom. The second kappa shape index (κ2) is 3.54. The van der Waals surface area contributed by atoms with E-state index >= 15 is 0 Å². The molecule has 0 N–H and O–H groups in total. The second-order valence-electron chi connectivity index (χ2n) is 3.55. The van der Waals surface area contributed by atoms with Crippen molar-refractivity contribution < 1.29 is 13.9 Å². The number of ether oxygens (including phenoxy) is 1. The number of Topliss-reactive ketones (excluding diaryl/α,β-unsaturated/α-hetero) is 1. The number of pyridine rings is 1. The standard InChI is InChI=1S/C10H9ClFNO2/c1-6(14)8-3-2-7(9(11)13-8)10(12)4-15-5-10/h2-3H,4-5H2,1H3. The molecule has 0 saturated carbocycles. The number of hydrogen-bond acceptors (Lipinski definition) is 3. The molecule has 1 aromatic rings. The summed E-state index contributed by atoms with van der Waals surface area (Å²) in [5.41, 5.74) is -1.01. The van der Waals surface area contributed by atoms with Gasteiger partial charge in [0.1, 0.15) is 10.8 Å². The van der Waals surface area contributed by atoms with E-state index in [1.54, 1.807) is 0 Å². The number of hydrogen-bond donors (Lipinski definition) is 0. The zero-order valence-electron chi connectivity index (χ0n) is 8.09. The van der Waals surface area contributed by atoms with Crippen LogP contribution >= 0.6 is 11.6 Å². The summed E-state index contributed by atoms with van der Waals surface area (Å²) in [5, 5.41) is 0.0356. The molecule has 3 nitrogen and oxygen atoms in total. The molecule has 2 heterocycles. The van der Waals surface area contributed by atoms with Gasteiger partial charge in [0.05, 0.1) is 13.2 Å². The van der Waals surface area contributed by atoms with Crippen LogP contribution in [0.3, 0.4) is 0 Å².